The standard InChI is InChI=1S/C50H29N5S/c1-2-13-34(14-3-1)47-52-48(54-49(53-47)37-23-18-30-10-4-5-15-36(30)28-37)35-21-19-33(20-22-35)42-29-40-44-38-16-8-6-11-31(38)25-27-43(44)56-46(40)50-51-45-39-17-9-7-12-32(39)24-26-41(45)55(42)50/h1-29H. The second kappa shape index (κ2) is 12.1. The van der Waals surface area contributed by atoms with Crippen LogP contribution < -0.4 is 0 Å². The second-order valence-corrected chi connectivity index (χ2v) is 15.3. The molecule has 8 aromatic carbocycles. The summed E-state index contributed by atoms with van der Waals surface area (Å²) in [6.45, 7) is 0. The Bertz CT molecular complexity index is 3530. The van der Waals surface area contributed by atoms with Crippen molar-refractivity contribution in [2.45, 2.75) is 0 Å². The maximum atomic E-state index is 5.44. The summed E-state index contributed by atoms with van der Waals surface area (Å²) in [6, 6.07) is 62.0. The molecule has 56 heavy (non-hydrogen) atoms. The van der Waals surface area contributed by atoms with Crippen LogP contribution in [0.15, 0.2) is 176 Å². The molecule has 0 aliphatic rings. The Morgan fingerprint density at radius 2 is 0.964 bits per heavy atom. The molecular formula is C50H29N5S. The number of pyridine rings is 1. The fourth-order valence-electron chi connectivity index (χ4n) is 8.29. The van der Waals surface area contributed by atoms with Crippen molar-refractivity contribution < 1.29 is 0 Å². The topological polar surface area (TPSA) is 56.0 Å². The molecule has 0 amide bonds. The summed E-state index contributed by atoms with van der Waals surface area (Å²) in [4.78, 5) is 20.5. The lowest BCUT2D eigenvalue weighted by atomic mass is 10.0. The Labute approximate surface area is 324 Å². The van der Waals surface area contributed by atoms with Crippen molar-refractivity contribution in [3.63, 3.8) is 0 Å². The van der Waals surface area contributed by atoms with Gasteiger partial charge >= 0.3 is 0 Å². The summed E-state index contributed by atoms with van der Waals surface area (Å²) in [6.07, 6.45) is 0. The van der Waals surface area contributed by atoms with Crippen molar-refractivity contribution >= 4 is 80.5 Å². The summed E-state index contributed by atoms with van der Waals surface area (Å²) in [5.41, 5.74) is 8.06. The molecule has 0 bridgehead atoms. The Balaban J connectivity index is 1.08. The molecule has 6 heteroatoms. The number of aromatic nitrogens is 5. The van der Waals surface area contributed by atoms with Gasteiger partial charge in [-0.3, -0.25) is 4.40 Å². The van der Waals surface area contributed by atoms with Crippen LogP contribution >= 0.6 is 11.3 Å². The molecular weight excluding hydrogens is 703 g/mol. The SMILES string of the molecule is c1ccc(-c2nc(-c3ccc(-c4cc5c(sc6ccc7ccccc7c65)c5nc6c7ccccc7ccc6n45)cc3)nc(-c3ccc4ccccc4c3)n2)cc1. The molecule has 0 aliphatic heterocycles. The Kier molecular flexibility index (Phi) is 6.73. The minimum Gasteiger partial charge on any atom is -0.291 e. The van der Waals surface area contributed by atoms with Crippen molar-refractivity contribution in [1.82, 2.24) is 24.3 Å². The smallest absolute Gasteiger partial charge is 0.164 e. The maximum absolute atomic E-state index is 5.44. The van der Waals surface area contributed by atoms with Crippen molar-refractivity contribution in [1.29, 1.82) is 0 Å². The normalized spacial score (nSPS) is 11.9. The van der Waals surface area contributed by atoms with Crippen molar-refractivity contribution in [3.8, 4) is 45.4 Å². The van der Waals surface area contributed by atoms with Crippen LogP contribution in [0.1, 0.15) is 0 Å². The summed E-state index contributed by atoms with van der Waals surface area (Å²) in [5, 5.41) is 9.66. The molecule has 12 aromatic rings. The number of thiophene rings is 1. The van der Waals surface area contributed by atoms with Gasteiger partial charge in [-0.15, -0.1) is 11.3 Å². The molecule has 0 N–H and O–H groups in total. The highest BCUT2D eigenvalue weighted by atomic mass is 32.1. The van der Waals surface area contributed by atoms with E-state index in [-0.39, 0.29) is 0 Å². The lowest BCUT2D eigenvalue weighted by Crippen LogP contribution is -2.00. The van der Waals surface area contributed by atoms with Crippen molar-refractivity contribution in [3.05, 3.63) is 176 Å². The molecule has 0 unspecified atom stereocenters. The van der Waals surface area contributed by atoms with E-state index in [4.69, 9.17) is 19.9 Å². The zero-order valence-electron chi connectivity index (χ0n) is 29.9. The first-order valence-electron chi connectivity index (χ1n) is 18.7. The van der Waals surface area contributed by atoms with Gasteiger partial charge in [0, 0.05) is 37.5 Å². The molecule has 4 aromatic heterocycles. The van der Waals surface area contributed by atoms with Crippen LogP contribution in [-0.2, 0) is 0 Å². The lowest BCUT2D eigenvalue weighted by molar-refractivity contribution is 1.07. The molecule has 0 saturated heterocycles. The number of fused-ring (bicyclic) bond motifs is 12. The molecule has 0 spiro atoms. The third kappa shape index (κ3) is 4.79. The predicted octanol–water partition coefficient (Wildman–Crippen LogP) is 13.2. The number of hydrogen-bond acceptors (Lipinski definition) is 5. The average Bonchev–Trinajstić information content (AvgIpc) is 3.86. The number of nitrogens with zero attached hydrogens (tertiary/aromatic N) is 5. The summed E-state index contributed by atoms with van der Waals surface area (Å²) in [5.74, 6) is 1.91. The second-order valence-electron chi connectivity index (χ2n) is 14.3. The van der Waals surface area contributed by atoms with Gasteiger partial charge in [0.2, 0.25) is 0 Å². The molecule has 0 atom stereocenters. The fraction of sp³-hybridized carbons (Fsp3) is 0. The molecule has 0 saturated carbocycles. The van der Waals surface area contributed by atoms with Crippen molar-refractivity contribution in [2.75, 3.05) is 0 Å². The minimum absolute atomic E-state index is 0.629. The fourth-order valence-corrected chi connectivity index (χ4v) is 9.46. The number of benzene rings is 8. The zero-order chi connectivity index (χ0) is 36.7. The van der Waals surface area contributed by atoms with Crippen LogP contribution in [0.25, 0.3) is 115 Å². The molecule has 260 valence electrons. The Morgan fingerprint density at radius 3 is 1.75 bits per heavy atom. The Morgan fingerprint density at radius 1 is 0.393 bits per heavy atom. The van der Waals surface area contributed by atoms with Gasteiger partial charge in [-0.05, 0) is 56.8 Å². The van der Waals surface area contributed by atoms with E-state index in [0.717, 1.165) is 55.4 Å². The summed E-state index contributed by atoms with van der Waals surface area (Å²) < 4.78 is 4.80. The van der Waals surface area contributed by atoms with Crippen LogP contribution in [0, 0.1) is 0 Å². The lowest BCUT2D eigenvalue weighted by Gasteiger charge is -2.11. The van der Waals surface area contributed by atoms with E-state index in [0.29, 0.717) is 17.5 Å². The van der Waals surface area contributed by atoms with Crippen LogP contribution in [0.4, 0.5) is 0 Å². The third-order valence-electron chi connectivity index (χ3n) is 11.0. The quantitative estimate of drug-likeness (QED) is 0.181. The Hall–Kier alpha value is -7.28. The van der Waals surface area contributed by atoms with Crippen LogP contribution in [0.3, 0.4) is 0 Å². The van der Waals surface area contributed by atoms with Gasteiger partial charge in [0.15, 0.2) is 23.1 Å². The van der Waals surface area contributed by atoms with Crippen molar-refractivity contribution in [2.24, 2.45) is 0 Å². The first kappa shape index (κ1) is 31.1. The number of imidazole rings is 1. The molecule has 0 fully saturated rings. The van der Waals surface area contributed by atoms with Crippen LogP contribution in [0.2, 0.25) is 0 Å². The molecule has 0 radical (unpaired) electrons. The van der Waals surface area contributed by atoms with E-state index in [2.05, 4.69) is 150 Å². The molecule has 12 rings (SSSR count). The molecule has 5 nitrogen and oxygen atoms in total. The highest BCUT2D eigenvalue weighted by Gasteiger charge is 2.20. The van der Waals surface area contributed by atoms with E-state index in [1.54, 1.807) is 0 Å². The third-order valence-corrected chi connectivity index (χ3v) is 12.2. The van der Waals surface area contributed by atoms with Gasteiger partial charge < -0.3 is 0 Å². The van der Waals surface area contributed by atoms with Gasteiger partial charge in [-0.25, -0.2) is 19.9 Å². The van der Waals surface area contributed by atoms with E-state index in [9.17, 15) is 0 Å². The van der Waals surface area contributed by atoms with Gasteiger partial charge in [0.25, 0.3) is 0 Å². The maximum Gasteiger partial charge on any atom is 0.164 e. The van der Waals surface area contributed by atoms with Gasteiger partial charge in [-0.2, -0.15) is 0 Å². The van der Waals surface area contributed by atoms with Crippen LogP contribution in [-0.4, -0.2) is 24.3 Å². The van der Waals surface area contributed by atoms with E-state index in [1.807, 2.05) is 41.7 Å². The van der Waals surface area contributed by atoms with Gasteiger partial charge in [-0.1, -0.05) is 152 Å². The number of rotatable bonds is 4. The first-order valence-corrected chi connectivity index (χ1v) is 19.5. The summed E-state index contributed by atoms with van der Waals surface area (Å²) in [7, 11) is 0. The zero-order valence-corrected chi connectivity index (χ0v) is 30.7. The first-order chi connectivity index (χ1) is 27.7. The minimum atomic E-state index is 0.629. The number of hydrogen-bond donors (Lipinski definition) is 0. The van der Waals surface area contributed by atoms with E-state index in [1.165, 1.54) is 41.7 Å². The average molecular weight is 732 g/mol. The highest BCUT2D eigenvalue weighted by Crippen LogP contribution is 2.44. The van der Waals surface area contributed by atoms with Gasteiger partial charge in [0.1, 0.15) is 0 Å². The van der Waals surface area contributed by atoms with E-state index < -0.39 is 0 Å². The highest BCUT2D eigenvalue weighted by molar-refractivity contribution is 7.26. The van der Waals surface area contributed by atoms with Crippen LogP contribution in [0.5, 0.6) is 0 Å². The molecule has 0 aliphatic carbocycles. The van der Waals surface area contributed by atoms with E-state index >= 15 is 0 Å². The monoisotopic (exact) mass is 731 g/mol. The van der Waals surface area contributed by atoms with Gasteiger partial charge in [0.05, 0.1) is 21.4 Å². The largest absolute Gasteiger partial charge is 0.291 e. The summed E-state index contributed by atoms with van der Waals surface area (Å²) >= 11 is 1.82. The molecule has 4 heterocycles. The predicted molar refractivity (Wildman–Crippen MR) is 233 cm³/mol.